The van der Waals surface area contributed by atoms with Crippen molar-refractivity contribution >= 4 is 33.7 Å². The van der Waals surface area contributed by atoms with Gasteiger partial charge in [0.1, 0.15) is 5.82 Å². The Hall–Kier alpha value is -1.53. The zero-order chi connectivity index (χ0) is 16.6. The summed E-state index contributed by atoms with van der Waals surface area (Å²) in [7, 11) is 1.37. The average molecular weight is 396 g/mol. The standard InChI is InChI=1S/C17H15BrFNO2S/c1-9-14(17(21)22-2)15(10-5-6-12(19)11(18)8-10)16-13(20-9)4-3-7-23-16/h3-6,8,15,20H,7H2,1-2H3. The van der Waals surface area contributed by atoms with Crippen molar-refractivity contribution in [2.75, 3.05) is 12.9 Å². The second-order valence-electron chi connectivity index (χ2n) is 5.25. The molecule has 0 aromatic heterocycles. The summed E-state index contributed by atoms with van der Waals surface area (Å²) in [5.74, 6) is -0.117. The van der Waals surface area contributed by atoms with Crippen LogP contribution in [0.4, 0.5) is 4.39 Å². The minimum absolute atomic E-state index is 0.259. The molecule has 6 heteroatoms. The Labute approximate surface area is 146 Å². The summed E-state index contributed by atoms with van der Waals surface area (Å²) in [6.45, 7) is 1.86. The molecule has 3 rings (SSSR count). The lowest BCUT2D eigenvalue weighted by atomic mass is 9.86. The van der Waals surface area contributed by atoms with Crippen molar-refractivity contribution in [1.29, 1.82) is 0 Å². The van der Waals surface area contributed by atoms with Crippen LogP contribution in [-0.4, -0.2) is 18.8 Å². The highest BCUT2D eigenvalue weighted by molar-refractivity contribution is 9.10. The zero-order valence-electron chi connectivity index (χ0n) is 12.7. The zero-order valence-corrected chi connectivity index (χ0v) is 15.1. The summed E-state index contributed by atoms with van der Waals surface area (Å²) in [6.07, 6.45) is 4.10. The number of allylic oxidation sites excluding steroid dienone is 3. The molecule has 2 aliphatic heterocycles. The van der Waals surface area contributed by atoms with Crippen LogP contribution in [0.15, 0.2) is 56.7 Å². The Bertz CT molecular complexity index is 770. The van der Waals surface area contributed by atoms with E-state index >= 15 is 0 Å². The topological polar surface area (TPSA) is 38.3 Å². The van der Waals surface area contributed by atoms with E-state index in [4.69, 9.17) is 4.74 Å². The molecule has 0 radical (unpaired) electrons. The minimum atomic E-state index is -0.373. The number of dihydropyridines is 1. The van der Waals surface area contributed by atoms with Crippen LogP contribution in [-0.2, 0) is 9.53 Å². The molecule has 1 atom stereocenters. The molecule has 0 aliphatic carbocycles. The number of hydrogen-bond acceptors (Lipinski definition) is 4. The van der Waals surface area contributed by atoms with Gasteiger partial charge in [0.15, 0.2) is 0 Å². The Kier molecular flexibility index (Phi) is 4.64. The van der Waals surface area contributed by atoms with Crippen LogP contribution in [0.5, 0.6) is 0 Å². The molecular formula is C17H15BrFNO2S. The highest BCUT2D eigenvalue weighted by atomic mass is 79.9. The highest BCUT2D eigenvalue weighted by Gasteiger charge is 2.35. The van der Waals surface area contributed by atoms with E-state index in [1.165, 1.54) is 13.2 Å². The van der Waals surface area contributed by atoms with Gasteiger partial charge in [-0.15, -0.1) is 11.8 Å². The smallest absolute Gasteiger partial charge is 0.336 e. The lowest BCUT2D eigenvalue weighted by Gasteiger charge is -2.32. The number of methoxy groups -OCH3 is 1. The van der Waals surface area contributed by atoms with Crippen molar-refractivity contribution in [1.82, 2.24) is 5.32 Å². The maximum Gasteiger partial charge on any atom is 0.336 e. The average Bonchev–Trinajstić information content (AvgIpc) is 2.55. The summed E-state index contributed by atoms with van der Waals surface area (Å²) >= 11 is 4.90. The Morgan fingerprint density at radius 2 is 2.26 bits per heavy atom. The van der Waals surface area contributed by atoms with Gasteiger partial charge in [-0.05, 0) is 46.6 Å². The SMILES string of the molecule is COC(=O)C1=C(C)NC2=C(SCC=C2)C1c1ccc(F)c(Br)c1. The molecule has 2 aliphatic rings. The van der Waals surface area contributed by atoms with Gasteiger partial charge < -0.3 is 10.1 Å². The second kappa shape index (κ2) is 6.53. The van der Waals surface area contributed by atoms with Crippen molar-refractivity contribution in [3.63, 3.8) is 0 Å². The number of ether oxygens (including phenoxy) is 1. The van der Waals surface area contributed by atoms with Gasteiger partial charge in [-0.1, -0.05) is 12.1 Å². The van der Waals surface area contributed by atoms with E-state index in [1.807, 2.05) is 13.0 Å². The first kappa shape index (κ1) is 16.3. The van der Waals surface area contributed by atoms with Crippen LogP contribution in [0, 0.1) is 5.82 Å². The summed E-state index contributed by atoms with van der Waals surface area (Å²) in [6, 6.07) is 4.86. The van der Waals surface area contributed by atoms with Gasteiger partial charge in [-0.25, -0.2) is 9.18 Å². The first-order valence-corrected chi connectivity index (χ1v) is 8.85. The number of carbonyl (C=O) groups excluding carboxylic acids is 1. The summed E-state index contributed by atoms with van der Waals surface area (Å²) in [5.41, 5.74) is 3.16. The van der Waals surface area contributed by atoms with Gasteiger partial charge in [0.05, 0.1) is 23.1 Å². The van der Waals surface area contributed by atoms with E-state index in [-0.39, 0.29) is 17.7 Å². The van der Waals surface area contributed by atoms with Crippen LogP contribution in [0.2, 0.25) is 0 Å². The van der Waals surface area contributed by atoms with E-state index < -0.39 is 0 Å². The Morgan fingerprint density at radius 1 is 1.48 bits per heavy atom. The number of esters is 1. The lowest BCUT2D eigenvalue weighted by Crippen LogP contribution is -2.29. The Balaban J connectivity index is 2.17. The normalized spacial score (nSPS) is 20.3. The molecule has 0 bridgehead atoms. The molecule has 0 fully saturated rings. The van der Waals surface area contributed by atoms with E-state index in [0.717, 1.165) is 27.6 Å². The van der Waals surface area contributed by atoms with Gasteiger partial charge in [0.2, 0.25) is 0 Å². The molecule has 0 saturated heterocycles. The maximum atomic E-state index is 13.6. The largest absolute Gasteiger partial charge is 0.466 e. The summed E-state index contributed by atoms with van der Waals surface area (Å²) in [5, 5.41) is 3.27. The second-order valence-corrected chi connectivity index (χ2v) is 7.17. The Morgan fingerprint density at radius 3 is 2.96 bits per heavy atom. The molecule has 1 N–H and O–H groups in total. The molecule has 1 aromatic carbocycles. The van der Waals surface area contributed by atoms with Crippen LogP contribution in [0.25, 0.3) is 0 Å². The predicted molar refractivity (Wildman–Crippen MR) is 93.3 cm³/mol. The molecule has 2 heterocycles. The first-order valence-electron chi connectivity index (χ1n) is 7.07. The molecule has 23 heavy (non-hydrogen) atoms. The lowest BCUT2D eigenvalue weighted by molar-refractivity contribution is -0.136. The first-order chi connectivity index (χ1) is 11.0. The quantitative estimate of drug-likeness (QED) is 0.760. The van der Waals surface area contributed by atoms with Gasteiger partial charge in [-0.3, -0.25) is 0 Å². The van der Waals surface area contributed by atoms with Gasteiger partial charge in [-0.2, -0.15) is 0 Å². The van der Waals surface area contributed by atoms with Crippen molar-refractivity contribution in [2.45, 2.75) is 12.8 Å². The molecule has 3 nitrogen and oxygen atoms in total. The molecule has 1 aromatic rings. The summed E-state index contributed by atoms with van der Waals surface area (Å²) in [4.78, 5) is 13.4. The molecular weight excluding hydrogens is 381 g/mol. The van der Waals surface area contributed by atoms with Crippen LogP contribution in [0.1, 0.15) is 18.4 Å². The number of nitrogens with one attached hydrogen (secondary N) is 1. The fourth-order valence-electron chi connectivity index (χ4n) is 2.81. The number of halogens is 2. The monoisotopic (exact) mass is 395 g/mol. The highest BCUT2D eigenvalue weighted by Crippen LogP contribution is 2.46. The van der Waals surface area contributed by atoms with Gasteiger partial charge in [0.25, 0.3) is 0 Å². The minimum Gasteiger partial charge on any atom is -0.466 e. The third kappa shape index (κ3) is 2.97. The van der Waals surface area contributed by atoms with Crippen molar-refractivity contribution in [3.05, 3.63) is 68.1 Å². The fourth-order valence-corrected chi connectivity index (χ4v) is 4.28. The number of rotatable bonds is 2. The van der Waals surface area contributed by atoms with Crippen LogP contribution in [0.3, 0.4) is 0 Å². The van der Waals surface area contributed by atoms with E-state index in [0.29, 0.717) is 10.0 Å². The van der Waals surface area contributed by atoms with Crippen molar-refractivity contribution in [2.24, 2.45) is 0 Å². The van der Waals surface area contributed by atoms with E-state index in [1.54, 1.807) is 23.9 Å². The third-order valence-corrected chi connectivity index (χ3v) is 5.58. The number of hydrogen-bond donors (Lipinski definition) is 1. The van der Waals surface area contributed by atoms with Crippen molar-refractivity contribution < 1.29 is 13.9 Å². The van der Waals surface area contributed by atoms with Crippen LogP contribution < -0.4 is 5.32 Å². The fraction of sp³-hybridized carbons (Fsp3) is 0.235. The number of carbonyl (C=O) groups is 1. The predicted octanol–water partition coefficient (Wildman–Crippen LogP) is 4.24. The molecule has 1 unspecified atom stereocenters. The number of benzene rings is 1. The molecule has 0 saturated carbocycles. The third-order valence-electron chi connectivity index (χ3n) is 3.84. The van der Waals surface area contributed by atoms with Gasteiger partial charge in [0, 0.05) is 22.1 Å². The van der Waals surface area contributed by atoms with Crippen LogP contribution >= 0.6 is 27.7 Å². The van der Waals surface area contributed by atoms with Gasteiger partial charge >= 0.3 is 5.97 Å². The number of thioether (sulfide) groups is 1. The van der Waals surface area contributed by atoms with Crippen molar-refractivity contribution in [3.8, 4) is 0 Å². The van der Waals surface area contributed by atoms with E-state index in [2.05, 4.69) is 27.3 Å². The molecule has 0 amide bonds. The van der Waals surface area contributed by atoms with E-state index in [9.17, 15) is 9.18 Å². The summed E-state index contributed by atoms with van der Waals surface area (Å²) < 4.78 is 19.0. The maximum absolute atomic E-state index is 13.6. The molecule has 120 valence electrons. The molecule has 0 spiro atoms.